The second kappa shape index (κ2) is 9.16. The molecule has 1 atom stereocenters. The van der Waals surface area contributed by atoms with E-state index in [1.807, 2.05) is 42.5 Å². The van der Waals surface area contributed by atoms with Crippen LogP contribution in [0.25, 0.3) is 0 Å². The fraction of sp³-hybridized carbons (Fsp3) is 0.381. The largest absolute Gasteiger partial charge is 0.357 e. The summed E-state index contributed by atoms with van der Waals surface area (Å²) >= 11 is 0. The number of nitrogens with zero attached hydrogens (tertiary/aromatic N) is 2. The Morgan fingerprint density at radius 2 is 1.89 bits per heavy atom. The van der Waals surface area contributed by atoms with Crippen LogP contribution in [-0.4, -0.2) is 29.9 Å². The highest BCUT2D eigenvalue weighted by molar-refractivity contribution is 5.79. The maximum atomic E-state index is 12.4. The number of amides is 2. The molecule has 0 saturated carbocycles. The Kier molecular flexibility index (Phi) is 6.41. The molecular formula is C21H26N4O2. The molecule has 2 heterocycles. The fourth-order valence-electron chi connectivity index (χ4n) is 3.33. The monoisotopic (exact) mass is 366 g/mol. The first-order chi connectivity index (χ1) is 13.1. The van der Waals surface area contributed by atoms with Crippen molar-refractivity contribution in [3.8, 4) is 0 Å². The molecule has 6 nitrogen and oxygen atoms in total. The standard InChI is InChI=1S/C21H26N4O2/c1-16(26)24-19(18-7-3-2-4-8-18)14-21(27)23-15-17-9-10-22-20(13-17)25-11-5-6-12-25/h2-4,7-10,13,19H,5-6,11-12,14-15H2,1H3,(H,23,27)(H,24,26). The van der Waals surface area contributed by atoms with E-state index >= 15 is 0 Å². The number of pyridine rings is 1. The number of hydrogen-bond donors (Lipinski definition) is 2. The van der Waals surface area contributed by atoms with Crippen LogP contribution in [0, 0.1) is 0 Å². The molecule has 1 aromatic carbocycles. The lowest BCUT2D eigenvalue weighted by molar-refractivity contribution is -0.122. The minimum absolute atomic E-state index is 0.0999. The maximum Gasteiger partial charge on any atom is 0.222 e. The van der Waals surface area contributed by atoms with E-state index < -0.39 is 0 Å². The van der Waals surface area contributed by atoms with E-state index in [1.54, 1.807) is 6.20 Å². The number of hydrogen-bond acceptors (Lipinski definition) is 4. The molecule has 0 radical (unpaired) electrons. The number of carbonyl (C=O) groups is 2. The van der Waals surface area contributed by atoms with E-state index in [9.17, 15) is 9.59 Å². The zero-order valence-corrected chi connectivity index (χ0v) is 15.6. The number of rotatable bonds is 7. The lowest BCUT2D eigenvalue weighted by atomic mass is 10.0. The van der Waals surface area contributed by atoms with Crippen molar-refractivity contribution in [1.82, 2.24) is 15.6 Å². The molecule has 2 amide bonds. The van der Waals surface area contributed by atoms with Crippen LogP contribution in [0.4, 0.5) is 5.82 Å². The predicted octanol–water partition coefficient (Wildman–Crippen LogP) is 2.57. The number of benzene rings is 1. The first kappa shape index (κ1) is 18.9. The average molecular weight is 366 g/mol. The van der Waals surface area contributed by atoms with Gasteiger partial charge < -0.3 is 15.5 Å². The molecule has 1 saturated heterocycles. The van der Waals surface area contributed by atoms with Gasteiger partial charge in [0.05, 0.1) is 12.5 Å². The smallest absolute Gasteiger partial charge is 0.222 e. The third-order valence-corrected chi connectivity index (χ3v) is 4.70. The number of nitrogens with one attached hydrogen (secondary N) is 2. The summed E-state index contributed by atoms with van der Waals surface area (Å²) in [6.07, 6.45) is 4.40. The molecule has 0 bridgehead atoms. The van der Waals surface area contributed by atoms with Crippen LogP contribution in [0.15, 0.2) is 48.7 Å². The fourth-order valence-corrected chi connectivity index (χ4v) is 3.33. The summed E-state index contributed by atoms with van der Waals surface area (Å²) in [5, 5.41) is 5.81. The summed E-state index contributed by atoms with van der Waals surface area (Å²) in [5.74, 6) is 0.720. The van der Waals surface area contributed by atoms with E-state index in [0.29, 0.717) is 6.54 Å². The van der Waals surface area contributed by atoms with Gasteiger partial charge in [0.25, 0.3) is 0 Å². The Bertz CT molecular complexity index is 773. The topological polar surface area (TPSA) is 74.3 Å². The van der Waals surface area contributed by atoms with Crippen molar-refractivity contribution in [3.63, 3.8) is 0 Å². The van der Waals surface area contributed by atoms with Crippen LogP contribution < -0.4 is 15.5 Å². The Labute approximate surface area is 160 Å². The molecule has 3 rings (SSSR count). The number of anilines is 1. The van der Waals surface area contributed by atoms with Crippen molar-refractivity contribution >= 4 is 17.6 Å². The zero-order valence-electron chi connectivity index (χ0n) is 15.6. The van der Waals surface area contributed by atoms with Crippen molar-refractivity contribution in [2.75, 3.05) is 18.0 Å². The van der Waals surface area contributed by atoms with E-state index in [2.05, 4.69) is 20.5 Å². The third kappa shape index (κ3) is 5.54. The highest BCUT2D eigenvalue weighted by Crippen LogP contribution is 2.19. The van der Waals surface area contributed by atoms with Crippen molar-refractivity contribution in [2.24, 2.45) is 0 Å². The van der Waals surface area contributed by atoms with Gasteiger partial charge in [-0.25, -0.2) is 4.98 Å². The van der Waals surface area contributed by atoms with Crippen LogP contribution in [0.5, 0.6) is 0 Å². The normalized spacial score (nSPS) is 14.6. The van der Waals surface area contributed by atoms with Crippen LogP contribution in [0.1, 0.15) is 43.4 Å². The van der Waals surface area contributed by atoms with E-state index in [1.165, 1.54) is 19.8 Å². The summed E-state index contributed by atoms with van der Waals surface area (Å²) < 4.78 is 0. The minimum Gasteiger partial charge on any atom is -0.357 e. The molecule has 1 aliphatic rings. The van der Waals surface area contributed by atoms with Gasteiger partial charge in [-0.1, -0.05) is 30.3 Å². The van der Waals surface area contributed by atoms with Crippen LogP contribution in [0.2, 0.25) is 0 Å². The summed E-state index contributed by atoms with van der Waals surface area (Å²) in [7, 11) is 0. The van der Waals surface area contributed by atoms with Crippen LogP contribution >= 0.6 is 0 Å². The Hall–Kier alpha value is -2.89. The van der Waals surface area contributed by atoms with E-state index in [0.717, 1.165) is 30.0 Å². The highest BCUT2D eigenvalue weighted by Gasteiger charge is 2.17. The molecule has 1 aromatic heterocycles. The summed E-state index contributed by atoms with van der Waals surface area (Å²) in [6.45, 7) is 3.99. The van der Waals surface area contributed by atoms with Crippen LogP contribution in [0.3, 0.4) is 0 Å². The second-order valence-electron chi connectivity index (χ2n) is 6.86. The minimum atomic E-state index is -0.332. The lowest BCUT2D eigenvalue weighted by Crippen LogP contribution is -2.32. The van der Waals surface area contributed by atoms with Gasteiger partial charge in [0.15, 0.2) is 0 Å². The predicted molar refractivity (Wildman–Crippen MR) is 105 cm³/mol. The molecule has 142 valence electrons. The van der Waals surface area contributed by atoms with Crippen molar-refractivity contribution in [1.29, 1.82) is 0 Å². The highest BCUT2D eigenvalue weighted by atomic mass is 16.2. The molecule has 0 spiro atoms. The van der Waals surface area contributed by atoms with Crippen molar-refractivity contribution in [3.05, 3.63) is 59.8 Å². The Morgan fingerprint density at radius 1 is 1.15 bits per heavy atom. The van der Waals surface area contributed by atoms with Gasteiger partial charge in [-0.2, -0.15) is 0 Å². The van der Waals surface area contributed by atoms with Gasteiger partial charge in [0, 0.05) is 32.8 Å². The second-order valence-corrected chi connectivity index (χ2v) is 6.86. The molecule has 0 aliphatic carbocycles. The Morgan fingerprint density at radius 3 is 2.59 bits per heavy atom. The van der Waals surface area contributed by atoms with Crippen LogP contribution in [-0.2, 0) is 16.1 Å². The molecule has 27 heavy (non-hydrogen) atoms. The summed E-state index contributed by atoms with van der Waals surface area (Å²) in [6, 6.07) is 13.2. The molecule has 1 unspecified atom stereocenters. The molecular weight excluding hydrogens is 340 g/mol. The lowest BCUT2D eigenvalue weighted by Gasteiger charge is -2.19. The quantitative estimate of drug-likeness (QED) is 0.790. The number of aromatic nitrogens is 1. The average Bonchev–Trinajstić information content (AvgIpc) is 3.21. The van der Waals surface area contributed by atoms with E-state index in [4.69, 9.17) is 0 Å². The van der Waals surface area contributed by atoms with Crippen molar-refractivity contribution < 1.29 is 9.59 Å². The van der Waals surface area contributed by atoms with Gasteiger partial charge in [0.2, 0.25) is 11.8 Å². The molecule has 6 heteroatoms. The molecule has 1 aliphatic heterocycles. The van der Waals surface area contributed by atoms with Gasteiger partial charge in [-0.05, 0) is 36.1 Å². The third-order valence-electron chi connectivity index (χ3n) is 4.70. The maximum absolute atomic E-state index is 12.4. The SMILES string of the molecule is CC(=O)NC(CC(=O)NCc1ccnc(N2CCCC2)c1)c1ccccc1. The number of carbonyl (C=O) groups excluding carboxylic acids is 2. The molecule has 2 N–H and O–H groups in total. The van der Waals surface area contributed by atoms with Gasteiger partial charge >= 0.3 is 0 Å². The molecule has 1 fully saturated rings. The van der Waals surface area contributed by atoms with Gasteiger partial charge in [-0.3, -0.25) is 9.59 Å². The Balaban J connectivity index is 1.58. The molecule has 2 aromatic rings. The van der Waals surface area contributed by atoms with Gasteiger partial charge in [-0.15, -0.1) is 0 Å². The zero-order chi connectivity index (χ0) is 19.1. The first-order valence-electron chi connectivity index (χ1n) is 9.40. The van der Waals surface area contributed by atoms with E-state index in [-0.39, 0.29) is 24.3 Å². The summed E-state index contributed by atoms with van der Waals surface area (Å²) in [4.78, 5) is 30.6. The summed E-state index contributed by atoms with van der Waals surface area (Å²) in [5.41, 5.74) is 1.94. The van der Waals surface area contributed by atoms with Crippen molar-refractivity contribution in [2.45, 2.75) is 38.8 Å². The first-order valence-corrected chi connectivity index (χ1v) is 9.40. The van der Waals surface area contributed by atoms with Gasteiger partial charge in [0.1, 0.15) is 5.82 Å².